The normalized spacial score (nSPS) is 14.4. The molecule has 1 aliphatic heterocycles. The lowest BCUT2D eigenvalue weighted by Crippen LogP contribution is -2.42. The fourth-order valence-electron chi connectivity index (χ4n) is 2.49. The fourth-order valence-corrected chi connectivity index (χ4v) is 2.49. The van der Waals surface area contributed by atoms with Crippen LogP contribution in [0.25, 0.3) is 0 Å². The van der Waals surface area contributed by atoms with Crippen LogP contribution in [0.5, 0.6) is 5.75 Å². The molecule has 1 fully saturated rings. The van der Waals surface area contributed by atoms with Gasteiger partial charge in [0, 0.05) is 13.1 Å². The van der Waals surface area contributed by atoms with Gasteiger partial charge in [-0.15, -0.1) is 0 Å². The standard InChI is InChI=1S/C20H22N2O4/c23-20(22-10-12-24-13-11-22)16-26-21-14-17-6-8-19(9-7-17)25-15-18-4-2-1-3-5-18/h1-9,14H,10-13,15-16H2. The topological polar surface area (TPSA) is 60.4 Å². The zero-order chi connectivity index (χ0) is 18.0. The average molecular weight is 354 g/mol. The third kappa shape index (κ3) is 5.60. The van der Waals surface area contributed by atoms with Crippen molar-refractivity contribution in [3.8, 4) is 5.75 Å². The number of nitrogens with zero attached hydrogens (tertiary/aromatic N) is 2. The van der Waals surface area contributed by atoms with E-state index in [0.29, 0.717) is 32.9 Å². The van der Waals surface area contributed by atoms with E-state index < -0.39 is 0 Å². The molecule has 0 unspecified atom stereocenters. The summed E-state index contributed by atoms with van der Waals surface area (Å²) >= 11 is 0. The van der Waals surface area contributed by atoms with Gasteiger partial charge in [-0.3, -0.25) is 4.79 Å². The van der Waals surface area contributed by atoms with E-state index in [0.717, 1.165) is 16.9 Å². The molecular weight excluding hydrogens is 332 g/mol. The number of amides is 1. The molecule has 2 aromatic rings. The van der Waals surface area contributed by atoms with Crippen molar-refractivity contribution < 1.29 is 19.1 Å². The maximum absolute atomic E-state index is 11.9. The van der Waals surface area contributed by atoms with Crippen molar-refractivity contribution in [2.75, 3.05) is 32.9 Å². The first-order valence-electron chi connectivity index (χ1n) is 8.59. The summed E-state index contributed by atoms with van der Waals surface area (Å²) in [6.45, 7) is 2.84. The highest BCUT2D eigenvalue weighted by Crippen LogP contribution is 2.13. The van der Waals surface area contributed by atoms with Gasteiger partial charge < -0.3 is 19.2 Å². The van der Waals surface area contributed by atoms with Crippen LogP contribution in [0.4, 0.5) is 0 Å². The summed E-state index contributed by atoms with van der Waals surface area (Å²) in [5.41, 5.74) is 1.99. The summed E-state index contributed by atoms with van der Waals surface area (Å²) in [7, 11) is 0. The molecule has 0 saturated carbocycles. The van der Waals surface area contributed by atoms with Gasteiger partial charge in [-0.05, 0) is 35.4 Å². The van der Waals surface area contributed by atoms with Crippen LogP contribution in [-0.2, 0) is 21.0 Å². The quantitative estimate of drug-likeness (QED) is 0.566. The van der Waals surface area contributed by atoms with Gasteiger partial charge in [0.05, 0.1) is 19.4 Å². The molecule has 6 nitrogen and oxygen atoms in total. The number of hydrogen-bond acceptors (Lipinski definition) is 5. The van der Waals surface area contributed by atoms with Crippen LogP contribution in [-0.4, -0.2) is 49.9 Å². The Labute approximate surface area is 153 Å². The first kappa shape index (κ1) is 17.9. The van der Waals surface area contributed by atoms with Crippen molar-refractivity contribution in [2.45, 2.75) is 6.61 Å². The molecule has 0 radical (unpaired) electrons. The number of ether oxygens (including phenoxy) is 2. The van der Waals surface area contributed by atoms with Crippen LogP contribution < -0.4 is 4.74 Å². The molecule has 0 aliphatic carbocycles. The number of morpholine rings is 1. The van der Waals surface area contributed by atoms with Gasteiger partial charge in [0.2, 0.25) is 0 Å². The van der Waals surface area contributed by atoms with Crippen molar-refractivity contribution in [1.82, 2.24) is 4.90 Å². The Hall–Kier alpha value is -2.86. The number of carbonyl (C=O) groups excluding carboxylic acids is 1. The zero-order valence-corrected chi connectivity index (χ0v) is 14.5. The highest BCUT2D eigenvalue weighted by molar-refractivity contribution is 5.80. The average Bonchev–Trinajstić information content (AvgIpc) is 2.72. The lowest BCUT2D eigenvalue weighted by Gasteiger charge is -2.26. The molecule has 6 heteroatoms. The Morgan fingerprint density at radius 3 is 2.54 bits per heavy atom. The summed E-state index contributed by atoms with van der Waals surface area (Å²) in [4.78, 5) is 18.7. The second kappa shape index (κ2) is 9.58. The van der Waals surface area contributed by atoms with Crippen molar-refractivity contribution >= 4 is 12.1 Å². The summed E-state index contributed by atoms with van der Waals surface area (Å²) in [5, 5.41) is 3.86. The van der Waals surface area contributed by atoms with Crippen LogP contribution >= 0.6 is 0 Å². The molecule has 0 bridgehead atoms. The van der Waals surface area contributed by atoms with Gasteiger partial charge in [0.15, 0.2) is 6.61 Å². The summed E-state index contributed by atoms with van der Waals surface area (Å²) in [6.07, 6.45) is 1.58. The number of oxime groups is 1. The summed E-state index contributed by atoms with van der Waals surface area (Å²) in [5.74, 6) is 0.713. The maximum Gasteiger partial charge on any atom is 0.263 e. The predicted molar refractivity (Wildman–Crippen MR) is 98.2 cm³/mol. The number of carbonyl (C=O) groups is 1. The minimum atomic E-state index is -0.0740. The molecule has 2 aromatic carbocycles. The molecule has 1 aliphatic rings. The first-order chi connectivity index (χ1) is 12.8. The zero-order valence-electron chi connectivity index (χ0n) is 14.5. The van der Waals surface area contributed by atoms with E-state index in [2.05, 4.69) is 5.16 Å². The van der Waals surface area contributed by atoms with Crippen molar-refractivity contribution in [3.63, 3.8) is 0 Å². The van der Waals surface area contributed by atoms with Gasteiger partial charge in [0.1, 0.15) is 12.4 Å². The van der Waals surface area contributed by atoms with E-state index in [1.54, 1.807) is 11.1 Å². The van der Waals surface area contributed by atoms with E-state index in [-0.39, 0.29) is 12.5 Å². The van der Waals surface area contributed by atoms with Gasteiger partial charge in [0.25, 0.3) is 5.91 Å². The second-order valence-electron chi connectivity index (χ2n) is 5.84. The van der Waals surface area contributed by atoms with Crippen LogP contribution in [0.15, 0.2) is 59.8 Å². The number of benzene rings is 2. The predicted octanol–water partition coefficient (Wildman–Crippen LogP) is 2.47. The van der Waals surface area contributed by atoms with Gasteiger partial charge in [-0.2, -0.15) is 0 Å². The number of hydrogen-bond donors (Lipinski definition) is 0. The molecule has 1 heterocycles. The first-order valence-corrected chi connectivity index (χ1v) is 8.59. The van der Waals surface area contributed by atoms with Crippen molar-refractivity contribution in [2.24, 2.45) is 5.16 Å². The summed E-state index contributed by atoms with van der Waals surface area (Å²) in [6, 6.07) is 17.5. The minimum Gasteiger partial charge on any atom is -0.489 e. The largest absolute Gasteiger partial charge is 0.489 e. The molecule has 0 aromatic heterocycles. The molecule has 0 N–H and O–H groups in total. The lowest BCUT2D eigenvalue weighted by atomic mass is 10.2. The molecule has 136 valence electrons. The van der Waals surface area contributed by atoms with Crippen LogP contribution in [0.2, 0.25) is 0 Å². The van der Waals surface area contributed by atoms with E-state index in [1.807, 2.05) is 54.6 Å². The Kier molecular flexibility index (Phi) is 6.61. The Morgan fingerprint density at radius 1 is 1.08 bits per heavy atom. The molecule has 1 amide bonds. The SMILES string of the molecule is O=C(CON=Cc1ccc(OCc2ccccc2)cc1)N1CCOCC1. The smallest absolute Gasteiger partial charge is 0.263 e. The van der Waals surface area contributed by atoms with Crippen molar-refractivity contribution in [1.29, 1.82) is 0 Å². The maximum atomic E-state index is 11.9. The van der Waals surface area contributed by atoms with Crippen LogP contribution in [0, 0.1) is 0 Å². The van der Waals surface area contributed by atoms with Gasteiger partial charge >= 0.3 is 0 Å². The monoisotopic (exact) mass is 354 g/mol. The fraction of sp³-hybridized carbons (Fsp3) is 0.300. The van der Waals surface area contributed by atoms with Crippen LogP contribution in [0.3, 0.4) is 0 Å². The van der Waals surface area contributed by atoms with E-state index >= 15 is 0 Å². The van der Waals surface area contributed by atoms with E-state index in [9.17, 15) is 4.79 Å². The Balaban J connectivity index is 1.40. The van der Waals surface area contributed by atoms with Crippen LogP contribution in [0.1, 0.15) is 11.1 Å². The third-order valence-corrected chi connectivity index (χ3v) is 3.96. The van der Waals surface area contributed by atoms with E-state index in [4.69, 9.17) is 14.3 Å². The summed E-state index contributed by atoms with van der Waals surface area (Å²) < 4.78 is 10.9. The molecular formula is C20H22N2O4. The highest BCUT2D eigenvalue weighted by Gasteiger charge is 2.16. The molecule has 0 spiro atoms. The Morgan fingerprint density at radius 2 is 1.81 bits per heavy atom. The second-order valence-corrected chi connectivity index (χ2v) is 5.84. The molecule has 3 rings (SSSR count). The Bertz CT molecular complexity index is 710. The van der Waals surface area contributed by atoms with Gasteiger partial charge in [-0.1, -0.05) is 35.5 Å². The minimum absolute atomic E-state index is 0.0607. The molecule has 0 atom stereocenters. The van der Waals surface area contributed by atoms with E-state index in [1.165, 1.54) is 0 Å². The molecule has 26 heavy (non-hydrogen) atoms. The highest BCUT2D eigenvalue weighted by atomic mass is 16.6. The number of rotatable bonds is 7. The third-order valence-electron chi connectivity index (χ3n) is 3.96. The molecule has 1 saturated heterocycles. The van der Waals surface area contributed by atoms with Crippen molar-refractivity contribution in [3.05, 3.63) is 65.7 Å². The van der Waals surface area contributed by atoms with Gasteiger partial charge in [-0.25, -0.2) is 0 Å². The lowest BCUT2D eigenvalue weighted by molar-refractivity contribution is -0.140.